The van der Waals surface area contributed by atoms with E-state index in [1.54, 1.807) is 72.7 Å². The summed E-state index contributed by atoms with van der Waals surface area (Å²) in [5.41, 5.74) is 6.37. The van der Waals surface area contributed by atoms with Crippen LogP contribution in [0.3, 0.4) is 0 Å². The van der Waals surface area contributed by atoms with Crippen LogP contribution >= 0.6 is 0 Å². The van der Waals surface area contributed by atoms with Crippen LogP contribution in [0.15, 0.2) is 202 Å². The van der Waals surface area contributed by atoms with Gasteiger partial charge in [0.2, 0.25) is 11.9 Å². The van der Waals surface area contributed by atoms with E-state index in [1.165, 1.54) is 54.6 Å². The average Bonchev–Trinajstić information content (AvgIpc) is 1.61. The molecule has 3 aromatic carbocycles. The molecule has 3 atom stereocenters. The number of nitrogens with zero attached hydrogens (tertiary/aromatic N) is 22. The van der Waals surface area contributed by atoms with E-state index in [2.05, 4.69) is 153 Å². The maximum absolute atomic E-state index is 15.0. The number of rotatable bonds is 9. The van der Waals surface area contributed by atoms with Crippen molar-refractivity contribution in [2.75, 3.05) is 125 Å². The Hall–Kier alpha value is -12.5. The van der Waals surface area contributed by atoms with Gasteiger partial charge in [-0.05, 0) is 197 Å². The Labute approximate surface area is 696 Å². The van der Waals surface area contributed by atoms with E-state index >= 15 is 0 Å². The molecular formula is C89H100F2N24O6. The van der Waals surface area contributed by atoms with Gasteiger partial charge in [0.15, 0.2) is 34.4 Å². The first kappa shape index (κ1) is 80.9. The number of hydrogen-bond donors (Lipinski definition) is 5. The van der Waals surface area contributed by atoms with Crippen LogP contribution in [0.25, 0.3) is 61.5 Å². The second-order valence-electron chi connectivity index (χ2n) is 33.2. The van der Waals surface area contributed by atoms with Crippen LogP contribution in [0.5, 0.6) is 0 Å². The maximum Gasteiger partial charge on any atom is 0.278 e. The number of fused-ring (bicyclic) bond motifs is 19. The summed E-state index contributed by atoms with van der Waals surface area (Å²) in [7, 11) is 6.44. The van der Waals surface area contributed by atoms with E-state index in [1.807, 2.05) is 49.4 Å². The normalized spacial score (nSPS) is 21.7. The van der Waals surface area contributed by atoms with Crippen molar-refractivity contribution >= 4 is 78.6 Å². The zero-order valence-corrected chi connectivity index (χ0v) is 69.3. The SMILES string of the molecule is C/C1=C(\C)Cn2c(=O)c3cnc(Nc4ccc(N5CCN(C)CC5)cc4)nc3n2-c2cccc(n2)C(C)(O)CC1.CN1CCN(c2ccc(Cc3ncc4c(=O)n5n(c4n3)-c3cccc(n3)C(C)(O)CC/C=C(/F)C5)cc2)CC1.CN1CCN(n2ccc3cc(Nc4ncc5c(=O)n6n(c5n4)-c4cccc(n4)C(C)(O)CC/C=C(/F)C6)ccc32)CC1. The number of allylic oxidation sites excluding steroid dienone is 6. The van der Waals surface area contributed by atoms with Gasteiger partial charge in [-0.25, -0.2) is 71.8 Å². The Balaban J connectivity index is 0.000000129. The first-order valence-electron chi connectivity index (χ1n) is 41.3. The van der Waals surface area contributed by atoms with Crippen LogP contribution in [0.1, 0.15) is 102 Å². The summed E-state index contributed by atoms with van der Waals surface area (Å²) >= 11 is 0. The van der Waals surface area contributed by atoms with Gasteiger partial charge >= 0.3 is 0 Å². The minimum absolute atomic E-state index is 0.177. The molecule has 6 aliphatic heterocycles. The molecule has 30 nitrogen and oxygen atoms in total. The Morgan fingerprint density at radius 1 is 0.446 bits per heavy atom. The summed E-state index contributed by atoms with van der Waals surface area (Å²) in [6.07, 6.45) is 12.4. The fourth-order valence-corrected chi connectivity index (χ4v) is 16.4. The molecule has 3 unspecified atom stereocenters. The van der Waals surface area contributed by atoms with Gasteiger partial charge in [-0.15, -0.1) is 0 Å². The third-order valence-electron chi connectivity index (χ3n) is 24.2. The molecule has 19 rings (SSSR count). The average molecular weight is 1640 g/mol. The first-order valence-corrected chi connectivity index (χ1v) is 41.3. The van der Waals surface area contributed by atoms with E-state index < -0.39 is 39.6 Å². The lowest BCUT2D eigenvalue weighted by molar-refractivity contribution is 0.0433. The van der Waals surface area contributed by atoms with Crippen molar-refractivity contribution in [1.29, 1.82) is 0 Å². The largest absolute Gasteiger partial charge is 0.384 e. The van der Waals surface area contributed by atoms with E-state index in [4.69, 9.17) is 19.9 Å². The van der Waals surface area contributed by atoms with E-state index in [0.29, 0.717) is 114 Å². The highest BCUT2D eigenvalue weighted by Gasteiger charge is 2.33. The van der Waals surface area contributed by atoms with Gasteiger partial charge in [0.25, 0.3) is 16.7 Å². The lowest BCUT2D eigenvalue weighted by atomic mass is 9.92. The molecule has 5 N–H and O–H groups in total. The van der Waals surface area contributed by atoms with Crippen molar-refractivity contribution in [2.24, 2.45) is 0 Å². The first-order chi connectivity index (χ1) is 58.2. The highest BCUT2D eigenvalue weighted by atomic mass is 19.1. The number of aliphatic hydroxyl groups is 3. The number of nitrogens with one attached hydrogen (secondary N) is 2. The number of benzene rings is 3. The second kappa shape index (κ2) is 33.3. The third kappa shape index (κ3) is 16.9. The highest BCUT2D eigenvalue weighted by Crippen LogP contribution is 2.35. The van der Waals surface area contributed by atoms with Crippen LogP contribution in [0.2, 0.25) is 0 Å². The molecule has 0 saturated carbocycles. The van der Waals surface area contributed by atoms with Crippen molar-refractivity contribution in [3.63, 3.8) is 0 Å². The van der Waals surface area contributed by atoms with Gasteiger partial charge < -0.3 is 55.5 Å². The van der Waals surface area contributed by atoms with Crippen LogP contribution in [0.4, 0.5) is 43.4 Å². The van der Waals surface area contributed by atoms with Gasteiger partial charge in [0, 0.05) is 138 Å². The Morgan fingerprint density at radius 3 is 1.36 bits per heavy atom. The molecule has 10 aromatic heterocycles. The molecule has 32 heteroatoms. The minimum Gasteiger partial charge on any atom is -0.384 e. The Kier molecular flexibility index (Phi) is 22.3. The summed E-state index contributed by atoms with van der Waals surface area (Å²) in [5.74, 6) is 1.55. The Bertz CT molecular complexity index is 6350. The number of halogens is 2. The molecule has 13 aromatic rings. The van der Waals surface area contributed by atoms with Gasteiger partial charge in [0.1, 0.15) is 50.4 Å². The van der Waals surface area contributed by atoms with Crippen molar-refractivity contribution in [2.45, 2.75) is 116 Å². The predicted molar refractivity (Wildman–Crippen MR) is 465 cm³/mol. The summed E-state index contributed by atoms with van der Waals surface area (Å²) in [5, 5.41) is 44.2. The number of piperazine rings is 3. The molecule has 3 fully saturated rings. The summed E-state index contributed by atoms with van der Waals surface area (Å²) < 4.78 is 41.1. The molecule has 0 amide bonds. The molecule has 6 aliphatic rings. The van der Waals surface area contributed by atoms with E-state index in [-0.39, 0.29) is 41.0 Å². The van der Waals surface area contributed by atoms with Crippen molar-refractivity contribution in [1.82, 2.24) is 92.3 Å². The summed E-state index contributed by atoms with van der Waals surface area (Å²) in [6.45, 7) is 21.3. The van der Waals surface area contributed by atoms with E-state index in [9.17, 15) is 38.5 Å². The molecule has 0 radical (unpaired) electrons. The van der Waals surface area contributed by atoms with Crippen LogP contribution in [0, 0.1) is 0 Å². The molecule has 0 spiro atoms. The smallest absolute Gasteiger partial charge is 0.278 e. The number of hydrogen-bond acceptors (Lipinski definition) is 23. The lowest BCUT2D eigenvalue weighted by Crippen LogP contribution is -2.49. The van der Waals surface area contributed by atoms with E-state index in [0.717, 1.165) is 118 Å². The molecule has 0 aliphatic carbocycles. The topological polar surface area (TPSA) is 306 Å². The second-order valence-corrected chi connectivity index (χ2v) is 33.2. The number of anilines is 6. The molecule has 121 heavy (non-hydrogen) atoms. The fourth-order valence-electron chi connectivity index (χ4n) is 16.4. The van der Waals surface area contributed by atoms with Gasteiger partial charge in [-0.2, -0.15) is 9.97 Å². The monoisotopic (exact) mass is 1640 g/mol. The number of pyridine rings is 3. The van der Waals surface area contributed by atoms with Crippen LogP contribution in [-0.4, -0.2) is 207 Å². The molecule has 6 bridgehead atoms. The maximum atomic E-state index is 15.0. The van der Waals surface area contributed by atoms with Gasteiger partial charge in [-0.3, -0.25) is 19.1 Å². The standard InChI is InChI=1S/C30H32FN9O2.C30H36N8O2.C29H32FN7O2/c1-30(42)11-4-5-21(31)19-39-28(41)23-18-32-29(35-27(23)40(39)26-7-3-6-25(30)34-26)33-22-8-9-24-20(17-22)10-12-38(24)37-15-13-36(2)14-16-37;1-20-12-13-30(3,40)25-6-5-7-26(33-25)38-27-24(28(39)37(38)19-21(20)2)18-31-29(34-27)32-22-8-10-23(11-9-22)36-16-14-35(4)15-17-36;1-29(39)12-4-5-21(30)19-36-28(38)23-18-31-25(33-27(23)37(36)26-7-3-6-24(29)32-26)17-20-8-10-22(11-9-20)35-15-13-34(2)14-16-35/h3,5-10,12,17-18,42H,4,11,13-16,19H2,1-2H3,(H,32,33,35);5-11,18,40H,12-17,19H2,1-4H3,(H,31,32,34);3,5-11,18,39H,4,12-17,19H2,1-2H3/b21-5+;21-20-;21-5+. The summed E-state index contributed by atoms with van der Waals surface area (Å²) in [6, 6.07) is 40.8. The molecule has 626 valence electrons. The van der Waals surface area contributed by atoms with Crippen molar-refractivity contribution < 1.29 is 24.1 Å². The zero-order chi connectivity index (χ0) is 84.2. The number of aromatic nitrogens is 16. The lowest BCUT2D eigenvalue weighted by Gasteiger charge is -2.35. The minimum atomic E-state index is -1.27. The Morgan fingerprint density at radius 2 is 0.868 bits per heavy atom. The fraction of sp³-hybridized carbons (Fsp3) is 0.371. The van der Waals surface area contributed by atoms with Crippen molar-refractivity contribution in [3.8, 4) is 17.5 Å². The zero-order valence-electron chi connectivity index (χ0n) is 69.3. The third-order valence-corrected chi connectivity index (χ3v) is 24.2. The molecule has 16 heterocycles. The summed E-state index contributed by atoms with van der Waals surface area (Å²) in [4.78, 5) is 93.9. The molecular weight excluding hydrogens is 1540 g/mol. The van der Waals surface area contributed by atoms with Gasteiger partial charge in [0.05, 0.1) is 42.2 Å². The van der Waals surface area contributed by atoms with Crippen LogP contribution < -0.4 is 42.1 Å². The molecule has 3 saturated heterocycles. The van der Waals surface area contributed by atoms with Crippen LogP contribution in [-0.2, 0) is 42.9 Å². The van der Waals surface area contributed by atoms with Crippen molar-refractivity contribution in [3.05, 3.63) is 247 Å². The quantitative estimate of drug-likeness (QED) is 0.0839. The number of likely N-dealkylation sites (N-methyl/N-ethyl adjacent to an activating group) is 3. The predicted octanol–water partition coefficient (Wildman–Crippen LogP) is 10.4. The van der Waals surface area contributed by atoms with Gasteiger partial charge in [-0.1, -0.05) is 53.6 Å². The highest BCUT2D eigenvalue weighted by molar-refractivity contribution is 5.85.